The molecule has 0 unspecified atom stereocenters. The number of aryl methyl sites for hydroxylation is 1. The monoisotopic (exact) mass is 380 g/mol. The number of imidazole rings is 1. The Hall–Kier alpha value is -2.57. The van der Waals surface area contributed by atoms with Crippen molar-refractivity contribution >= 4 is 5.65 Å². The van der Waals surface area contributed by atoms with Crippen LogP contribution in [0.1, 0.15) is 17.7 Å². The van der Waals surface area contributed by atoms with E-state index in [1.54, 1.807) is 14.2 Å². The van der Waals surface area contributed by atoms with E-state index in [4.69, 9.17) is 14.5 Å². The van der Waals surface area contributed by atoms with Gasteiger partial charge in [0.25, 0.3) is 0 Å². The lowest BCUT2D eigenvalue weighted by Gasteiger charge is -2.20. The summed E-state index contributed by atoms with van der Waals surface area (Å²) in [6.45, 7) is 7.18. The summed E-state index contributed by atoms with van der Waals surface area (Å²) in [4.78, 5) is 7.54. The van der Waals surface area contributed by atoms with Crippen molar-refractivity contribution in [3.05, 3.63) is 47.8 Å². The Bertz CT molecular complexity index is 959. The molecule has 4 rings (SSSR count). The Morgan fingerprint density at radius 2 is 2.00 bits per heavy atom. The van der Waals surface area contributed by atoms with E-state index < -0.39 is 0 Å². The smallest absolute Gasteiger partial charge is 0.140 e. The average molecular weight is 380 g/mol. The van der Waals surface area contributed by atoms with E-state index in [1.807, 2.05) is 18.2 Å². The Balaban J connectivity index is 1.87. The van der Waals surface area contributed by atoms with E-state index >= 15 is 0 Å². The first kappa shape index (κ1) is 18.8. The first-order valence-corrected chi connectivity index (χ1v) is 9.83. The lowest BCUT2D eigenvalue weighted by Crippen LogP contribution is -2.28. The van der Waals surface area contributed by atoms with Gasteiger partial charge in [-0.25, -0.2) is 4.98 Å². The van der Waals surface area contributed by atoms with Gasteiger partial charge >= 0.3 is 0 Å². The third-order valence-corrected chi connectivity index (χ3v) is 5.41. The maximum Gasteiger partial charge on any atom is 0.140 e. The van der Waals surface area contributed by atoms with Crippen molar-refractivity contribution in [1.82, 2.24) is 19.6 Å². The molecule has 0 atom stereocenters. The zero-order chi connectivity index (χ0) is 19.5. The number of rotatable bonds is 5. The largest absolute Gasteiger partial charge is 0.497 e. The fourth-order valence-corrected chi connectivity index (χ4v) is 3.89. The molecule has 0 aliphatic carbocycles. The molecule has 6 heteroatoms. The summed E-state index contributed by atoms with van der Waals surface area (Å²) >= 11 is 0. The number of nitrogens with one attached hydrogen (secondary N) is 1. The van der Waals surface area contributed by atoms with E-state index in [0.717, 1.165) is 73.1 Å². The molecule has 1 N–H and O–H groups in total. The predicted octanol–water partition coefficient (Wildman–Crippen LogP) is 3.12. The molecular weight excluding hydrogens is 352 g/mol. The van der Waals surface area contributed by atoms with Crippen LogP contribution in [0.3, 0.4) is 0 Å². The van der Waals surface area contributed by atoms with Crippen LogP contribution in [0.15, 0.2) is 36.5 Å². The molecule has 3 heterocycles. The molecule has 0 saturated carbocycles. The highest BCUT2D eigenvalue weighted by molar-refractivity contribution is 5.74. The number of pyridine rings is 1. The summed E-state index contributed by atoms with van der Waals surface area (Å²) in [5.41, 5.74) is 5.27. The topological polar surface area (TPSA) is 51.0 Å². The number of benzene rings is 1. The third kappa shape index (κ3) is 3.57. The summed E-state index contributed by atoms with van der Waals surface area (Å²) in [6.07, 6.45) is 3.27. The van der Waals surface area contributed by atoms with Gasteiger partial charge in [-0.3, -0.25) is 4.90 Å². The van der Waals surface area contributed by atoms with E-state index in [1.165, 1.54) is 5.69 Å². The van der Waals surface area contributed by atoms with Gasteiger partial charge in [-0.2, -0.15) is 0 Å². The van der Waals surface area contributed by atoms with E-state index in [9.17, 15) is 0 Å². The summed E-state index contributed by atoms with van der Waals surface area (Å²) in [5.74, 6) is 1.61. The molecule has 0 spiro atoms. The second-order valence-corrected chi connectivity index (χ2v) is 7.24. The average Bonchev–Trinajstić information content (AvgIpc) is 2.89. The maximum absolute atomic E-state index is 5.66. The highest BCUT2D eigenvalue weighted by Gasteiger charge is 2.21. The van der Waals surface area contributed by atoms with Crippen LogP contribution in [-0.2, 0) is 6.54 Å². The van der Waals surface area contributed by atoms with Crippen LogP contribution in [0.5, 0.6) is 11.5 Å². The minimum absolute atomic E-state index is 0.800. The fourth-order valence-electron chi connectivity index (χ4n) is 3.89. The molecule has 2 aromatic heterocycles. The van der Waals surface area contributed by atoms with Gasteiger partial charge in [0.1, 0.15) is 17.1 Å². The van der Waals surface area contributed by atoms with Crippen molar-refractivity contribution in [2.45, 2.75) is 19.9 Å². The number of aromatic nitrogens is 2. The predicted molar refractivity (Wildman–Crippen MR) is 111 cm³/mol. The molecule has 1 aromatic carbocycles. The molecule has 1 saturated heterocycles. The van der Waals surface area contributed by atoms with Gasteiger partial charge in [0.15, 0.2) is 0 Å². The normalized spacial score (nSPS) is 15.5. The molecule has 6 nitrogen and oxygen atoms in total. The summed E-state index contributed by atoms with van der Waals surface area (Å²) in [7, 11) is 3.39. The van der Waals surface area contributed by atoms with Gasteiger partial charge < -0.3 is 19.2 Å². The lowest BCUT2D eigenvalue weighted by atomic mass is 10.1. The van der Waals surface area contributed by atoms with Crippen LogP contribution >= 0.6 is 0 Å². The van der Waals surface area contributed by atoms with Crippen molar-refractivity contribution in [3.8, 4) is 22.8 Å². The van der Waals surface area contributed by atoms with E-state index in [0.29, 0.717) is 0 Å². The van der Waals surface area contributed by atoms with Gasteiger partial charge in [0.05, 0.1) is 25.6 Å². The van der Waals surface area contributed by atoms with Crippen LogP contribution in [-0.4, -0.2) is 54.7 Å². The van der Waals surface area contributed by atoms with Gasteiger partial charge in [-0.05, 0) is 56.3 Å². The Morgan fingerprint density at radius 3 is 2.82 bits per heavy atom. The maximum atomic E-state index is 5.66. The molecule has 0 amide bonds. The lowest BCUT2D eigenvalue weighted by molar-refractivity contribution is 0.280. The molecule has 28 heavy (non-hydrogen) atoms. The van der Waals surface area contributed by atoms with Crippen LogP contribution < -0.4 is 14.8 Å². The van der Waals surface area contributed by atoms with Gasteiger partial charge in [0.2, 0.25) is 0 Å². The summed E-state index contributed by atoms with van der Waals surface area (Å²) < 4.78 is 13.4. The first-order valence-electron chi connectivity index (χ1n) is 9.83. The van der Waals surface area contributed by atoms with Crippen molar-refractivity contribution in [3.63, 3.8) is 0 Å². The molecule has 0 bridgehead atoms. The summed E-state index contributed by atoms with van der Waals surface area (Å²) in [6, 6.07) is 10.1. The highest BCUT2D eigenvalue weighted by atomic mass is 16.5. The SMILES string of the molecule is COc1ccc(OC)c(-c2nc3c(C)cccn3c2CN2CCCNCC2)c1. The molecule has 3 aromatic rings. The molecular formula is C22H28N4O2. The van der Waals surface area contributed by atoms with Crippen LogP contribution in [0.4, 0.5) is 0 Å². The zero-order valence-electron chi connectivity index (χ0n) is 16.9. The van der Waals surface area contributed by atoms with Gasteiger partial charge in [-0.1, -0.05) is 6.07 Å². The van der Waals surface area contributed by atoms with Crippen LogP contribution in [0.2, 0.25) is 0 Å². The number of fused-ring (bicyclic) bond motifs is 1. The molecule has 0 radical (unpaired) electrons. The highest BCUT2D eigenvalue weighted by Crippen LogP contribution is 2.36. The minimum atomic E-state index is 0.800. The standard InChI is InChI=1S/C22H28N4O2/c1-16-6-4-12-26-19(15-25-11-5-9-23-10-13-25)21(24-22(16)26)18-14-17(27-2)7-8-20(18)28-3/h4,6-8,12,14,23H,5,9-11,13,15H2,1-3H3. The quantitative estimate of drug-likeness (QED) is 0.737. The second-order valence-electron chi connectivity index (χ2n) is 7.24. The van der Waals surface area contributed by atoms with Crippen LogP contribution in [0, 0.1) is 6.92 Å². The Morgan fingerprint density at radius 1 is 1.11 bits per heavy atom. The Labute approximate surface area is 166 Å². The van der Waals surface area contributed by atoms with Gasteiger partial charge in [-0.15, -0.1) is 0 Å². The zero-order valence-corrected chi connectivity index (χ0v) is 16.9. The fraction of sp³-hybridized carbons (Fsp3) is 0.409. The first-order chi connectivity index (χ1) is 13.7. The van der Waals surface area contributed by atoms with Crippen molar-refractivity contribution in [2.75, 3.05) is 40.4 Å². The molecule has 1 fully saturated rings. The number of methoxy groups -OCH3 is 2. The number of hydrogen-bond acceptors (Lipinski definition) is 5. The Kier molecular flexibility index (Phi) is 5.50. The number of nitrogens with zero attached hydrogens (tertiary/aromatic N) is 3. The molecule has 148 valence electrons. The van der Waals surface area contributed by atoms with Crippen molar-refractivity contribution < 1.29 is 9.47 Å². The van der Waals surface area contributed by atoms with Crippen LogP contribution in [0.25, 0.3) is 16.9 Å². The van der Waals surface area contributed by atoms with E-state index in [2.05, 4.69) is 39.9 Å². The molecule has 1 aliphatic heterocycles. The number of ether oxygens (including phenoxy) is 2. The van der Waals surface area contributed by atoms with Crippen molar-refractivity contribution in [1.29, 1.82) is 0 Å². The van der Waals surface area contributed by atoms with Crippen molar-refractivity contribution in [2.24, 2.45) is 0 Å². The molecule has 1 aliphatic rings. The second kappa shape index (κ2) is 8.20. The summed E-state index contributed by atoms with van der Waals surface area (Å²) in [5, 5.41) is 3.48. The third-order valence-electron chi connectivity index (χ3n) is 5.41. The number of hydrogen-bond donors (Lipinski definition) is 1. The minimum Gasteiger partial charge on any atom is -0.497 e. The van der Waals surface area contributed by atoms with E-state index in [-0.39, 0.29) is 0 Å². The van der Waals surface area contributed by atoms with Gasteiger partial charge in [0, 0.05) is 31.4 Å².